The monoisotopic (exact) mass is 373 g/mol. The van der Waals surface area contributed by atoms with Gasteiger partial charge in [-0.15, -0.1) is 0 Å². The molecule has 0 radical (unpaired) electrons. The highest BCUT2D eigenvalue weighted by Crippen LogP contribution is 2.25. The summed E-state index contributed by atoms with van der Waals surface area (Å²) in [5.41, 5.74) is 1.58. The quantitative estimate of drug-likeness (QED) is 0.485. The standard InChI is InChI=1S/C17H15N3O5S/c1-19(12-13-5-3-2-4-6-13)26(23,24)17-11-16(18-25-17)14-7-9-15(10-8-14)20(21)22/h2-11H,12H2,1H3. The molecule has 134 valence electrons. The van der Waals surface area contributed by atoms with Gasteiger partial charge in [0.15, 0.2) is 0 Å². The van der Waals surface area contributed by atoms with Crippen LogP contribution in [0.4, 0.5) is 5.69 Å². The van der Waals surface area contributed by atoms with E-state index in [9.17, 15) is 18.5 Å². The topological polar surface area (TPSA) is 107 Å². The van der Waals surface area contributed by atoms with Crippen molar-refractivity contribution in [2.45, 2.75) is 11.6 Å². The molecule has 8 nitrogen and oxygen atoms in total. The van der Waals surface area contributed by atoms with Crippen LogP contribution in [0.5, 0.6) is 0 Å². The van der Waals surface area contributed by atoms with Crippen LogP contribution in [0.1, 0.15) is 5.56 Å². The van der Waals surface area contributed by atoms with Crippen LogP contribution in [-0.4, -0.2) is 29.9 Å². The van der Waals surface area contributed by atoms with Gasteiger partial charge in [0.2, 0.25) is 0 Å². The molecule has 1 aromatic heterocycles. The summed E-state index contributed by atoms with van der Waals surface area (Å²) < 4.78 is 31.4. The molecule has 0 saturated carbocycles. The summed E-state index contributed by atoms with van der Waals surface area (Å²) in [5.74, 6) is 0. The molecular weight excluding hydrogens is 358 g/mol. The number of nitrogens with zero attached hydrogens (tertiary/aromatic N) is 3. The van der Waals surface area contributed by atoms with Crippen LogP contribution in [0, 0.1) is 10.1 Å². The largest absolute Gasteiger partial charge is 0.343 e. The second kappa shape index (κ2) is 7.06. The van der Waals surface area contributed by atoms with Gasteiger partial charge in [0, 0.05) is 37.4 Å². The fourth-order valence-corrected chi connectivity index (χ4v) is 3.37. The van der Waals surface area contributed by atoms with Gasteiger partial charge in [0.25, 0.3) is 20.8 Å². The molecule has 0 bridgehead atoms. The number of nitro benzene ring substituents is 1. The molecule has 2 aromatic carbocycles. The number of aromatic nitrogens is 1. The Balaban J connectivity index is 1.82. The molecule has 3 aromatic rings. The Morgan fingerprint density at radius 2 is 1.77 bits per heavy atom. The van der Waals surface area contributed by atoms with E-state index >= 15 is 0 Å². The van der Waals surface area contributed by atoms with Crippen LogP contribution in [-0.2, 0) is 16.6 Å². The van der Waals surface area contributed by atoms with Crippen molar-refractivity contribution in [2.24, 2.45) is 0 Å². The average molecular weight is 373 g/mol. The summed E-state index contributed by atoms with van der Waals surface area (Å²) in [6.45, 7) is 0.191. The van der Waals surface area contributed by atoms with Crippen molar-refractivity contribution in [2.75, 3.05) is 7.05 Å². The maximum absolute atomic E-state index is 12.6. The predicted molar refractivity (Wildman–Crippen MR) is 93.7 cm³/mol. The van der Waals surface area contributed by atoms with E-state index in [0.29, 0.717) is 5.56 Å². The molecule has 0 aliphatic carbocycles. The Morgan fingerprint density at radius 1 is 1.12 bits per heavy atom. The van der Waals surface area contributed by atoms with Crippen LogP contribution in [0.2, 0.25) is 0 Å². The number of nitro groups is 1. The fourth-order valence-electron chi connectivity index (χ4n) is 2.35. The van der Waals surface area contributed by atoms with Crippen molar-refractivity contribution >= 4 is 15.7 Å². The summed E-state index contributed by atoms with van der Waals surface area (Å²) in [7, 11) is -2.40. The normalized spacial score (nSPS) is 11.6. The highest BCUT2D eigenvalue weighted by molar-refractivity contribution is 7.88. The van der Waals surface area contributed by atoms with Crippen molar-refractivity contribution in [1.82, 2.24) is 9.46 Å². The summed E-state index contributed by atoms with van der Waals surface area (Å²) in [4.78, 5) is 10.2. The first kappa shape index (κ1) is 17.8. The van der Waals surface area contributed by atoms with E-state index in [-0.39, 0.29) is 23.0 Å². The first-order chi connectivity index (χ1) is 12.4. The minimum absolute atomic E-state index is 0.0623. The number of non-ortho nitro benzene ring substituents is 1. The predicted octanol–water partition coefficient (Wildman–Crippen LogP) is 3.07. The smallest absolute Gasteiger partial charge is 0.279 e. The zero-order valence-electron chi connectivity index (χ0n) is 13.8. The van der Waals surface area contributed by atoms with E-state index in [2.05, 4.69) is 5.16 Å². The van der Waals surface area contributed by atoms with E-state index in [0.717, 1.165) is 5.56 Å². The molecule has 0 saturated heterocycles. The summed E-state index contributed by atoms with van der Waals surface area (Å²) in [5, 5.41) is 14.2. The third kappa shape index (κ3) is 3.63. The van der Waals surface area contributed by atoms with E-state index in [1.807, 2.05) is 30.3 Å². The molecule has 9 heteroatoms. The first-order valence-corrected chi connectivity index (χ1v) is 9.04. The second-order valence-corrected chi connectivity index (χ2v) is 7.56. The molecule has 0 atom stereocenters. The molecule has 0 spiro atoms. The van der Waals surface area contributed by atoms with Crippen molar-refractivity contribution in [3.05, 3.63) is 76.3 Å². The molecule has 3 rings (SSSR count). The number of hydrogen-bond acceptors (Lipinski definition) is 6. The molecule has 1 heterocycles. The Morgan fingerprint density at radius 3 is 2.38 bits per heavy atom. The maximum Gasteiger partial charge on any atom is 0.279 e. The molecule has 0 amide bonds. The lowest BCUT2D eigenvalue weighted by Crippen LogP contribution is -2.26. The van der Waals surface area contributed by atoms with Crippen LogP contribution >= 0.6 is 0 Å². The van der Waals surface area contributed by atoms with Crippen molar-refractivity contribution in [3.63, 3.8) is 0 Å². The van der Waals surface area contributed by atoms with Gasteiger partial charge < -0.3 is 4.52 Å². The van der Waals surface area contributed by atoms with E-state index < -0.39 is 14.9 Å². The average Bonchev–Trinajstić information content (AvgIpc) is 3.13. The van der Waals surface area contributed by atoms with Crippen molar-refractivity contribution < 1.29 is 17.9 Å². The Kier molecular flexibility index (Phi) is 4.83. The third-order valence-electron chi connectivity index (χ3n) is 3.78. The highest BCUT2D eigenvalue weighted by Gasteiger charge is 2.26. The number of sulfonamides is 1. The molecular formula is C17H15N3O5S. The lowest BCUT2D eigenvalue weighted by molar-refractivity contribution is -0.384. The summed E-state index contributed by atoms with van der Waals surface area (Å²) in [6.07, 6.45) is 0. The van der Waals surface area contributed by atoms with Crippen LogP contribution in [0.3, 0.4) is 0 Å². The van der Waals surface area contributed by atoms with Crippen LogP contribution in [0.15, 0.2) is 70.3 Å². The van der Waals surface area contributed by atoms with Crippen molar-refractivity contribution in [3.8, 4) is 11.3 Å². The Hall–Kier alpha value is -3.04. The van der Waals surface area contributed by atoms with Gasteiger partial charge in [-0.3, -0.25) is 10.1 Å². The Bertz CT molecular complexity index is 1010. The van der Waals surface area contributed by atoms with Gasteiger partial charge in [-0.1, -0.05) is 35.5 Å². The van der Waals surface area contributed by atoms with Crippen LogP contribution in [0.25, 0.3) is 11.3 Å². The number of hydrogen-bond donors (Lipinski definition) is 0. The van der Waals surface area contributed by atoms with Gasteiger partial charge in [0.05, 0.1) is 4.92 Å². The van der Waals surface area contributed by atoms with E-state index in [1.54, 1.807) is 0 Å². The Labute approximate surface area is 149 Å². The van der Waals surface area contributed by atoms with E-state index in [1.165, 1.54) is 41.7 Å². The molecule has 26 heavy (non-hydrogen) atoms. The molecule has 0 fully saturated rings. The SMILES string of the molecule is CN(Cc1ccccc1)S(=O)(=O)c1cc(-c2ccc([N+](=O)[O-])cc2)no1. The molecule has 0 N–H and O–H groups in total. The maximum atomic E-state index is 12.6. The van der Waals surface area contributed by atoms with Crippen LogP contribution < -0.4 is 0 Å². The highest BCUT2D eigenvalue weighted by atomic mass is 32.2. The third-order valence-corrected chi connectivity index (χ3v) is 5.43. The number of benzene rings is 2. The first-order valence-electron chi connectivity index (χ1n) is 7.60. The summed E-state index contributed by atoms with van der Waals surface area (Å²) >= 11 is 0. The molecule has 0 aliphatic rings. The lowest BCUT2D eigenvalue weighted by atomic mass is 10.1. The van der Waals surface area contributed by atoms with Crippen molar-refractivity contribution in [1.29, 1.82) is 0 Å². The number of rotatable bonds is 6. The molecule has 0 unspecified atom stereocenters. The van der Waals surface area contributed by atoms with E-state index in [4.69, 9.17) is 4.52 Å². The molecule has 0 aliphatic heterocycles. The van der Waals surface area contributed by atoms with Gasteiger partial charge in [0.1, 0.15) is 5.69 Å². The van der Waals surface area contributed by atoms with Gasteiger partial charge in [-0.25, -0.2) is 8.42 Å². The minimum Gasteiger partial charge on any atom is -0.343 e. The second-order valence-electron chi connectivity index (χ2n) is 5.58. The van der Waals surface area contributed by atoms with Gasteiger partial charge >= 0.3 is 0 Å². The van der Waals surface area contributed by atoms with Gasteiger partial charge in [-0.2, -0.15) is 4.31 Å². The lowest BCUT2D eigenvalue weighted by Gasteiger charge is -2.14. The summed E-state index contributed by atoms with van der Waals surface area (Å²) in [6, 6.07) is 16.1. The fraction of sp³-hybridized carbons (Fsp3) is 0.118. The van der Waals surface area contributed by atoms with Gasteiger partial charge in [-0.05, 0) is 17.7 Å². The zero-order valence-corrected chi connectivity index (χ0v) is 14.6. The minimum atomic E-state index is -3.85. The zero-order chi connectivity index (χ0) is 18.7.